The number of imide groups is 1. The number of nitrogens with one attached hydrogen (secondary N) is 1. The molecule has 1 fully saturated rings. The van der Waals surface area contributed by atoms with E-state index in [2.05, 4.69) is 19.2 Å². The number of carboxylic acids is 1. The predicted octanol–water partition coefficient (Wildman–Crippen LogP) is 2.30. The molecular formula is C35H52N2O13. The fraction of sp³-hybridized carbons (Fsp3) is 0.629. The van der Waals surface area contributed by atoms with E-state index in [1.807, 2.05) is 12.1 Å². The first kappa shape index (κ1) is 42.3. The van der Waals surface area contributed by atoms with Gasteiger partial charge in [-0.05, 0) is 30.5 Å². The van der Waals surface area contributed by atoms with Crippen molar-refractivity contribution in [2.75, 3.05) is 52.7 Å². The molecule has 15 heteroatoms. The monoisotopic (exact) mass is 708 g/mol. The van der Waals surface area contributed by atoms with Crippen LogP contribution in [-0.4, -0.2) is 116 Å². The van der Waals surface area contributed by atoms with Crippen molar-refractivity contribution < 1.29 is 62.6 Å². The molecule has 2 aliphatic heterocycles. The lowest BCUT2D eigenvalue weighted by Crippen LogP contribution is -2.42. The van der Waals surface area contributed by atoms with Crippen LogP contribution in [0.3, 0.4) is 0 Å². The molecule has 0 bridgehead atoms. The summed E-state index contributed by atoms with van der Waals surface area (Å²) in [4.78, 5) is 58.9. The SMILES string of the molecule is CCC.CCC(=O)OCc1cc(CCCOCCOCCOCCNC(=O)CCN2C(=O)C=CC2=O)ccc1OC1CC(O)CC(C(=O)O)O1. The maximum atomic E-state index is 11.8. The summed E-state index contributed by atoms with van der Waals surface area (Å²) in [7, 11) is 0. The molecule has 0 aliphatic carbocycles. The summed E-state index contributed by atoms with van der Waals surface area (Å²) in [5.41, 5.74) is 1.57. The maximum absolute atomic E-state index is 11.8. The van der Waals surface area contributed by atoms with Crippen molar-refractivity contribution in [1.82, 2.24) is 10.2 Å². The zero-order valence-electron chi connectivity index (χ0n) is 29.3. The zero-order valence-corrected chi connectivity index (χ0v) is 29.3. The molecule has 3 unspecified atom stereocenters. The number of carbonyl (C=O) groups is 5. The van der Waals surface area contributed by atoms with Crippen LogP contribution in [0.25, 0.3) is 0 Å². The van der Waals surface area contributed by atoms with Gasteiger partial charge in [-0.1, -0.05) is 33.3 Å². The molecule has 1 aromatic carbocycles. The molecule has 0 radical (unpaired) electrons. The van der Waals surface area contributed by atoms with E-state index in [9.17, 15) is 34.2 Å². The Morgan fingerprint density at radius 2 is 1.58 bits per heavy atom. The number of rotatable bonds is 22. The van der Waals surface area contributed by atoms with Gasteiger partial charge in [0.2, 0.25) is 12.2 Å². The van der Waals surface area contributed by atoms with Crippen molar-refractivity contribution in [2.45, 2.75) is 90.8 Å². The number of nitrogens with zero attached hydrogens (tertiary/aromatic N) is 1. The third-order valence-electron chi connectivity index (χ3n) is 7.13. The molecule has 50 heavy (non-hydrogen) atoms. The van der Waals surface area contributed by atoms with Gasteiger partial charge >= 0.3 is 11.9 Å². The zero-order chi connectivity index (χ0) is 36.7. The Bertz CT molecular complexity index is 1240. The minimum absolute atomic E-state index is 0.0168. The number of aliphatic carboxylic acids is 1. The average molecular weight is 709 g/mol. The van der Waals surface area contributed by atoms with Crippen LogP contribution in [0.1, 0.15) is 70.4 Å². The second-order valence-electron chi connectivity index (χ2n) is 11.5. The van der Waals surface area contributed by atoms with Crippen LogP contribution in [0, 0.1) is 0 Å². The number of hydrogen-bond donors (Lipinski definition) is 3. The minimum atomic E-state index is -1.17. The van der Waals surface area contributed by atoms with E-state index < -0.39 is 36.3 Å². The van der Waals surface area contributed by atoms with E-state index in [4.69, 9.17) is 28.4 Å². The van der Waals surface area contributed by atoms with E-state index in [0.29, 0.717) is 63.9 Å². The Hall–Kier alpha value is -3.89. The number of aliphatic hydroxyl groups excluding tert-OH is 1. The highest BCUT2D eigenvalue weighted by molar-refractivity contribution is 6.13. The molecule has 0 spiro atoms. The van der Waals surface area contributed by atoms with Gasteiger partial charge < -0.3 is 44.0 Å². The molecule has 1 saturated heterocycles. The van der Waals surface area contributed by atoms with Crippen LogP contribution in [-0.2, 0) is 60.7 Å². The van der Waals surface area contributed by atoms with Crippen LogP contribution < -0.4 is 10.1 Å². The minimum Gasteiger partial charge on any atom is -0.479 e. The van der Waals surface area contributed by atoms with Gasteiger partial charge in [-0.15, -0.1) is 0 Å². The third-order valence-corrected chi connectivity index (χ3v) is 7.13. The lowest BCUT2D eigenvalue weighted by Gasteiger charge is -2.31. The topological polar surface area (TPSA) is 196 Å². The number of esters is 1. The largest absolute Gasteiger partial charge is 0.479 e. The lowest BCUT2D eigenvalue weighted by atomic mass is 10.0. The first-order chi connectivity index (χ1) is 24.1. The number of ether oxygens (including phenoxy) is 6. The van der Waals surface area contributed by atoms with Crippen molar-refractivity contribution in [1.29, 1.82) is 0 Å². The molecule has 0 aromatic heterocycles. The highest BCUT2D eigenvalue weighted by Gasteiger charge is 2.34. The van der Waals surface area contributed by atoms with Gasteiger partial charge in [0, 0.05) is 63.1 Å². The molecule has 3 rings (SSSR count). The van der Waals surface area contributed by atoms with Crippen molar-refractivity contribution in [3.63, 3.8) is 0 Å². The average Bonchev–Trinajstić information content (AvgIpc) is 3.41. The number of carbonyl (C=O) groups excluding carboxylic acids is 4. The molecule has 0 saturated carbocycles. The molecule has 3 amide bonds. The van der Waals surface area contributed by atoms with Gasteiger partial charge in [0.25, 0.3) is 11.8 Å². The van der Waals surface area contributed by atoms with Gasteiger partial charge in [0.05, 0.1) is 39.1 Å². The summed E-state index contributed by atoms with van der Waals surface area (Å²) in [5.74, 6) is -2.27. The highest BCUT2D eigenvalue weighted by atomic mass is 16.7. The summed E-state index contributed by atoms with van der Waals surface area (Å²) in [5, 5.41) is 22.0. The molecule has 2 aliphatic rings. The normalized spacial score (nSPS) is 18.4. The molecule has 2 heterocycles. The smallest absolute Gasteiger partial charge is 0.333 e. The predicted molar refractivity (Wildman–Crippen MR) is 179 cm³/mol. The Morgan fingerprint density at radius 1 is 0.940 bits per heavy atom. The highest BCUT2D eigenvalue weighted by Crippen LogP contribution is 2.28. The van der Waals surface area contributed by atoms with Crippen LogP contribution >= 0.6 is 0 Å². The third kappa shape index (κ3) is 16.7. The quantitative estimate of drug-likeness (QED) is 0.0903. The van der Waals surface area contributed by atoms with Gasteiger partial charge in [0.1, 0.15) is 12.4 Å². The van der Waals surface area contributed by atoms with Crippen molar-refractivity contribution in [2.24, 2.45) is 0 Å². The Balaban J connectivity index is 0.00000278. The Labute approximate surface area is 293 Å². The van der Waals surface area contributed by atoms with Crippen LogP contribution in [0.5, 0.6) is 5.75 Å². The number of aryl methyl sites for hydroxylation is 1. The summed E-state index contributed by atoms with van der Waals surface area (Å²) in [6, 6.07) is 5.44. The Morgan fingerprint density at radius 3 is 2.22 bits per heavy atom. The lowest BCUT2D eigenvalue weighted by molar-refractivity contribution is -0.195. The van der Waals surface area contributed by atoms with Crippen LogP contribution in [0.4, 0.5) is 0 Å². The van der Waals surface area contributed by atoms with Crippen molar-refractivity contribution in [3.05, 3.63) is 41.5 Å². The van der Waals surface area contributed by atoms with Crippen molar-refractivity contribution >= 4 is 29.7 Å². The number of amides is 3. The van der Waals surface area contributed by atoms with Crippen LogP contribution in [0.2, 0.25) is 0 Å². The van der Waals surface area contributed by atoms with E-state index in [-0.39, 0.29) is 50.7 Å². The van der Waals surface area contributed by atoms with E-state index in [1.54, 1.807) is 13.0 Å². The number of benzene rings is 1. The number of aliphatic hydroxyl groups is 1. The first-order valence-electron chi connectivity index (χ1n) is 17.1. The number of carboxylic acid groups (broad SMARTS) is 1. The summed E-state index contributed by atoms with van der Waals surface area (Å²) >= 11 is 0. The van der Waals surface area contributed by atoms with Crippen LogP contribution in [0.15, 0.2) is 30.4 Å². The van der Waals surface area contributed by atoms with E-state index in [1.165, 1.54) is 18.6 Å². The summed E-state index contributed by atoms with van der Waals surface area (Å²) < 4.78 is 33.2. The standard InChI is InChI=1S/C32H44N2O13.C3H8/c1-2-30(39)45-21-23-18-22(5-6-25(23)46-31-20-24(35)19-26(47-31)32(40)41)4-3-12-42-14-16-44-17-15-43-13-10-33-27(36)9-11-34-28(37)7-8-29(34)38;1-3-2/h5-8,18,24,26,31,35H,2-4,9-17,19-21H2,1H3,(H,33,36)(H,40,41);3H2,1-2H3. The van der Waals surface area contributed by atoms with Gasteiger partial charge in [0.15, 0.2) is 6.10 Å². The van der Waals surface area contributed by atoms with Gasteiger partial charge in [-0.25, -0.2) is 4.79 Å². The fourth-order valence-electron chi connectivity index (χ4n) is 4.65. The summed E-state index contributed by atoms with van der Waals surface area (Å²) in [6.07, 6.45) is 2.36. The van der Waals surface area contributed by atoms with Crippen molar-refractivity contribution in [3.8, 4) is 5.75 Å². The van der Waals surface area contributed by atoms with E-state index >= 15 is 0 Å². The Kier molecular flexibility index (Phi) is 20.5. The maximum Gasteiger partial charge on any atom is 0.333 e. The molecule has 1 aromatic rings. The van der Waals surface area contributed by atoms with Gasteiger partial charge in [-0.2, -0.15) is 0 Å². The molecule has 3 atom stereocenters. The second-order valence-corrected chi connectivity index (χ2v) is 11.5. The molecule has 15 nitrogen and oxygen atoms in total. The van der Waals surface area contributed by atoms with Gasteiger partial charge in [-0.3, -0.25) is 24.1 Å². The summed E-state index contributed by atoms with van der Waals surface area (Å²) in [6.45, 7) is 8.57. The second kappa shape index (κ2) is 24.3. The fourth-order valence-corrected chi connectivity index (χ4v) is 4.65. The number of hydrogen-bond acceptors (Lipinski definition) is 12. The molecular weight excluding hydrogens is 656 g/mol. The first-order valence-corrected chi connectivity index (χ1v) is 17.1. The van der Waals surface area contributed by atoms with E-state index in [0.717, 1.165) is 16.9 Å². The molecule has 3 N–H and O–H groups in total. The molecule has 280 valence electrons.